The van der Waals surface area contributed by atoms with Crippen molar-refractivity contribution in [2.45, 2.75) is 25.3 Å². The Bertz CT molecular complexity index is 162. The second kappa shape index (κ2) is 5.94. The number of ether oxygens (including phenoxy) is 1. The molecular formula is C9H18N2O2. The molecule has 1 fully saturated rings. The molecule has 0 aromatic heterocycles. The van der Waals surface area contributed by atoms with Gasteiger partial charge in [0, 0.05) is 20.3 Å². The van der Waals surface area contributed by atoms with Crippen LogP contribution in [0.3, 0.4) is 0 Å². The monoisotopic (exact) mass is 186 g/mol. The number of carbonyl (C=O) groups excluding carboxylic acids is 1. The van der Waals surface area contributed by atoms with Crippen molar-refractivity contribution in [2.75, 3.05) is 26.8 Å². The first-order chi connectivity index (χ1) is 6.34. The van der Waals surface area contributed by atoms with E-state index in [0.717, 1.165) is 39.0 Å². The quantitative estimate of drug-likeness (QED) is 0.589. The van der Waals surface area contributed by atoms with Gasteiger partial charge in [0.1, 0.15) is 0 Å². The minimum Gasteiger partial charge on any atom is -0.385 e. The molecule has 0 spiro atoms. The molecule has 1 unspecified atom stereocenters. The Morgan fingerprint density at radius 3 is 3.23 bits per heavy atom. The zero-order chi connectivity index (χ0) is 9.52. The lowest BCUT2D eigenvalue weighted by Gasteiger charge is -2.22. The summed E-state index contributed by atoms with van der Waals surface area (Å²) in [6, 6.07) is 0.0191. The summed E-state index contributed by atoms with van der Waals surface area (Å²) in [5, 5.41) is 6.05. The maximum atomic E-state index is 11.3. The van der Waals surface area contributed by atoms with Gasteiger partial charge in [-0.3, -0.25) is 4.79 Å². The normalized spacial score (nSPS) is 22.8. The second-order valence-electron chi connectivity index (χ2n) is 3.29. The van der Waals surface area contributed by atoms with Gasteiger partial charge >= 0.3 is 0 Å². The molecule has 4 nitrogen and oxygen atoms in total. The molecule has 13 heavy (non-hydrogen) atoms. The van der Waals surface area contributed by atoms with E-state index >= 15 is 0 Å². The van der Waals surface area contributed by atoms with Gasteiger partial charge in [0.2, 0.25) is 5.91 Å². The van der Waals surface area contributed by atoms with E-state index in [9.17, 15) is 4.79 Å². The SMILES string of the molecule is COCCCNC1CCCNC1=O. The molecule has 1 aliphatic heterocycles. The first kappa shape index (κ1) is 10.5. The maximum absolute atomic E-state index is 11.3. The molecule has 1 heterocycles. The van der Waals surface area contributed by atoms with Crippen molar-refractivity contribution in [1.82, 2.24) is 10.6 Å². The minimum absolute atomic E-state index is 0.0191. The molecule has 2 N–H and O–H groups in total. The molecule has 1 atom stereocenters. The predicted octanol–water partition coefficient (Wildman–Crippen LogP) is -0.109. The standard InChI is InChI=1S/C9H18N2O2/c1-13-7-3-6-10-8-4-2-5-11-9(8)12/h8,10H,2-7H2,1H3,(H,11,12). The lowest BCUT2D eigenvalue weighted by Crippen LogP contribution is -2.48. The number of nitrogens with one attached hydrogen (secondary N) is 2. The number of methoxy groups -OCH3 is 1. The molecule has 1 rings (SSSR count). The van der Waals surface area contributed by atoms with Crippen LogP contribution in [0.15, 0.2) is 0 Å². The Labute approximate surface area is 79.0 Å². The fourth-order valence-corrected chi connectivity index (χ4v) is 1.46. The van der Waals surface area contributed by atoms with E-state index in [-0.39, 0.29) is 11.9 Å². The van der Waals surface area contributed by atoms with Crippen molar-refractivity contribution in [3.63, 3.8) is 0 Å². The van der Waals surface area contributed by atoms with Crippen LogP contribution in [-0.2, 0) is 9.53 Å². The van der Waals surface area contributed by atoms with Gasteiger partial charge in [-0.15, -0.1) is 0 Å². The maximum Gasteiger partial charge on any atom is 0.237 e. The Morgan fingerprint density at radius 1 is 1.69 bits per heavy atom. The molecule has 0 aromatic carbocycles. The number of rotatable bonds is 5. The van der Waals surface area contributed by atoms with Crippen LogP contribution < -0.4 is 10.6 Å². The molecule has 76 valence electrons. The van der Waals surface area contributed by atoms with Gasteiger partial charge in [-0.2, -0.15) is 0 Å². The summed E-state index contributed by atoms with van der Waals surface area (Å²) < 4.78 is 4.92. The lowest BCUT2D eigenvalue weighted by atomic mass is 10.1. The highest BCUT2D eigenvalue weighted by molar-refractivity contribution is 5.82. The van der Waals surface area contributed by atoms with Crippen molar-refractivity contribution >= 4 is 5.91 Å². The Kier molecular flexibility index (Phi) is 4.78. The number of piperidine rings is 1. The molecular weight excluding hydrogens is 168 g/mol. The molecule has 1 saturated heterocycles. The molecule has 0 aromatic rings. The Morgan fingerprint density at radius 2 is 2.54 bits per heavy atom. The van der Waals surface area contributed by atoms with E-state index in [2.05, 4.69) is 10.6 Å². The highest BCUT2D eigenvalue weighted by Crippen LogP contribution is 2.02. The van der Waals surface area contributed by atoms with Gasteiger partial charge < -0.3 is 15.4 Å². The summed E-state index contributed by atoms with van der Waals surface area (Å²) in [6.07, 6.45) is 2.99. The molecule has 1 aliphatic rings. The van der Waals surface area contributed by atoms with Gasteiger partial charge in [-0.25, -0.2) is 0 Å². The second-order valence-corrected chi connectivity index (χ2v) is 3.29. The summed E-state index contributed by atoms with van der Waals surface area (Å²) in [5.74, 6) is 0.142. The molecule has 4 heteroatoms. The number of carbonyl (C=O) groups is 1. The van der Waals surface area contributed by atoms with Gasteiger partial charge in [0.15, 0.2) is 0 Å². The molecule has 0 saturated carbocycles. The Balaban J connectivity index is 2.08. The van der Waals surface area contributed by atoms with Crippen molar-refractivity contribution in [1.29, 1.82) is 0 Å². The molecule has 0 aliphatic carbocycles. The average Bonchev–Trinajstić information content (AvgIpc) is 2.15. The predicted molar refractivity (Wildman–Crippen MR) is 50.5 cm³/mol. The van der Waals surface area contributed by atoms with E-state index in [1.54, 1.807) is 7.11 Å². The third kappa shape index (κ3) is 3.74. The Hall–Kier alpha value is -0.610. The highest BCUT2D eigenvalue weighted by atomic mass is 16.5. The fraction of sp³-hybridized carbons (Fsp3) is 0.889. The van der Waals surface area contributed by atoms with Crippen LogP contribution >= 0.6 is 0 Å². The van der Waals surface area contributed by atoms with Gasteiger partial charge in [0.25, 0.3) is 0 Å². The van der Waals surface area contributed by atoms with Crippen LogP contribution in [0.1, 0.15) is 19.3 Å². The van der Waals surface area contributed by atoms with Gasteiger partial charge in [-0.1, -0.05) is 0 Å². The van der Waals surface area contributed by atoms with Gasteiger partial charge in [-0.05, 0) is 25.8 Å². The van der Waals surface area contributed by atoms with Crippen LogP contribution in [0.5, 0.6) is 0 Å². The molecule has 0 radical (unpaired) electrons. The molecule has 0 bridgehead atoms. The van der Waals surface area contributed by atoms with Crippen LogP contribution in [-0.4, -0.2) is 38.8 Å². The van der Waals surface area contributed by atoms with Crippen molar-refractivity contribution in [3.8, 4) is 0 Å². The topological polar surface area (TPSA) is 50.4 Å². The van der Waals surface area contributed by atoms with Crippen LogP contribution in [0.25, 0.3) is 0 Å². The van der Waals surface area contributed by atoms with E-state index in [1.807, 2.05) is 0 Å². The van der Waals surface area contributed by atoms with Crippen molar-refractivity contribution < 1.29 is 9.53 Å². The van der Waals surface area contributed by atoms with E-state index in [4.69, 9.17) is 4.74 Å². The number of hydrogen-bond donors (Lipinski definition) is 2. The summed E-state index contributed by atoms with van der Waals surface area (Å²) >= 11 is 0. The minimum atomic E-state index is 0.0191. The first-order valence-electron chi connectivity index (χ1n) is 4.84. The van der Waals surface area contributed by atoms with Gasteiger partial charge in [0.05, 0.1) is 6.04 Å². The average molecular weight is 186 g/mol. The number of hydrogen-bond acceptors (Lipinski definition) is 3. The summed E-state index contributed by atoms with van der Waals surface area (Å²) in [5.41, 5.74) is 0. The summed E-state index contributed by atoms with van der Waals surface area (Å²) in [7, 11) is 1.69. The van der Waals surface area contributed by atoms with E-state index < -0.39 is 0 Å². The summed E-state index contributed by atoms with van der Waals surface area (Å²) in [4.78, 5) is 11.3. The van der Waals surface area contributed by atoms with Crippen molar-refractivity contribution in [2.24, 2.45) is 0 Å². The highest BCUT2D eigenvalue weighted by Gasteiger charge is 2.20. The smallest absolute Gasteiger partial charge is 0.237 e. The van der Waals surface area contributed by atoms with Crippen LogP contribution in [0.4, 0.5) is 0 Å². The van der Waals surface area contributed by atoms with E-state index in [0.29, 0.717) is 0 Å². The molecule has 1 amide bonds. The van der Waals surface area contributed by atoms with Crippen LogP contribution in [0.2, 0.25) is 0 Å². The largest absolute Gasteiger partial charge is 0.385 e. The van der Waals surface area contributed by atoms with E-state index in [1.165, 1.54) is 0 Å². The zero-order valence-electron chi connectivity index (χ0n) is 8.14. The van der Waals surface area contributed by atoms with Crippen LogP contribution in [0, 0.1) is 0 Å². The zero-order valence-corrected chi connectivity index (χ0v) is 8.14. The first-order valence-corrected chi connectivity index (χ1v) is 4.84. The summed E-state index contributed by atoms with van der Waals surface area (Å²) in [6.45, 7) is 2.43. The third-order valence-corrected chi connectivity index (χ3v) is 2.20. The fourth-order valence-electron chi connectivity index (χ4n) is 1.46. The lowest BCUT2D eigenvalue weighted by molar-refractivity contribution is -0.124. The van der Waals surface area contributed by atoms with Crippen molar-refractivity contribution in [3.05, 3.63) is 0 Å². The third-order valence-electron chi connectivity index (χ3n) is 2.20. The number of amides is 1.